The van der Waals surface area contributed by atoms with Gasteiger partial charge < -0.3 is 20.0 Å². The predicted octanol–water partition coefficient (Wildman–Crippen LogP) is 3.81. The topological polar surface area (TPSA) is 71.7 Å². The highest BCUT2D eigenvalue weighted by atomic mass is 16.3. The van der Waals surface area contributed by atoms with Gasteiger partial charge in [-0.25, -0.2) is 0 Å². The maximum absolute atomic E-state index is 9.73. The van der Waals surface area contributed by atoms with Gasteiger partial charge >= 0.3 is 0 Å². The summed E-state index contributed by atoms with van der Waals surface area (Å²) in [6, 6.07) is 14.6. The molecule has 2 aromatic rings. The lowest BCUT2D eigenvalue weighted by molar-refractivity contribution is 0.129. The van der Waals surface area contributed by atoms with Crippen molar-refractivity contribution in [1.29, 1.82) is 0 Å². The summed E-state index contributed by atoms with van der Waals surface area (Å²) in [6.45, 7) is 8.47. The monoisotopic (exact) mass is 436 g/mol. The van der Waals surface area contributed by atoms with Crippen molar-refractivity contribution in [2.45, 2.75) is 25.7 Å². The number of benzene rings is 2. The number of aromatic hydroxyl groups is 2. The fraction of sp³-hybridized carbons (Fsp3) is 0.462. The molecule has 1 aliphatic rings. The molecule has 0 amide bonds. The lowest BCUT2D eigenvalue weighted by Crippen LogP contribution is -2.46. The number of nitrogens with zero attached hydrogens (tertiary/aromatic N) is 4. The molecule has 0 aliphatic carbocycles. The Hall–Kier alpha value is -2.70. The van der Waals surface area contributed by atoms with Crippen LogP contribution in [0.25, 0.3) is 0 Å². The summed E-state index contributed by atoms with van der Waals surface area (Å²) < 4.78 is 0. The van der Waals surface area contributed by atoms with Crippen molar-refractivity contribution in [1.82, 2.24) is 9.80 Å². The van der Waals surface area contributed by atoms with Gasteiger partial charge in [0.2, 0.25) is 0 Å². The minimum atomic E-state index is 0.286. The summed E-state index contributed by atoms with van der Waals surface area (Å²) in [6.07, 6.45) is 8.01. The zero-order chi connectivity index (χ0) is 22.4. The van der Waals surface area contributed by atoms with E-state index in [2.05, 4.69) is 19.8 Å². The molecule has 0 saturated carbocycles. The fourth-order valence-corrected chi connectivity index (χ4v) is 3.83. The average molecular weight is 437 g/mol. The molecule has 0 bridgehead atoms. The highest BCUT2D eigenvalue weighted by Gasteiger charge is 2.15. The van der Waals surface area contributed by atoms with E-state index in [1.807, 2.05) is 36.4 Å². The molecule has 1 heterocycles. The molecule has 0 unspecified atom stereocenters. The van der Waals surface area contributed by atoms with E-state index in [0.29, 0.717) is 0 Å². The first-order chi connectivity index (χ1) is 15.7. The van der Waals surface area contributed by atoms with Gasteiger partial charge in [0.1, 0.15) is 11.5 Å². The van der Waals surface area contributed by atoms with E-state index < -0.39 is 0 Å². The van der Waals surface area contributed by atoms with Crippen molar-refractivity contribution in [2.75, 3.05) is 52.4 Å². The second-order valence-electron chi connectivity index (χ2n) is 8.29. The van der Waals surface area contributed by atoms with Gasteiger partial charge in [0.25, 0.3) is 0 Å². The summed E-state index contributed by atoms with van der Waals surface area (Å²) in [5.74, 6) is 0.573. The highest BCUT2D eigenvalue weighted by molar-refractivity contribution is 5.83. The van der Waals surface area contributed by atoms with E-state index in [0.717, 1.165) is 89.2 Å². The summed E-state index contributed by atoms with van der Waals surface area (Å²) in [4.78, 5) is 14.0. The van der Waals surface area contributed by atoms with Crippen LogP contribution in [0, 0.1) is 0 Å². The lowest BCUT2D eigenvalue weighted by atomic mass is 10.2. The van der Waals surface area contributed by atoms with Crippen LogP contribution < -0.4 is 0 Å². The number of phenolic OH excluding ortho intramolecular Hbond substituents is 2. The Bertz CT molecular complexity index is 789. The second kappa shape index (κ2) is 13.7. The summed E-state index contributed by atoms with van der Waals surface area (Å²) >= 11 is 0. The van der Waals surface area contributed by atoms with Crippen molar-refractivity contribution >= 4 is 12.4 Å². The summed E-state index contributed by atoms with van der Waals surface area (Å²) in [7, 11) is 0. The molecule has 2 N–H and O–H groups in total. The van der Waals surface area contributed by atoms with Crippen molar-refractivity contribution in [2.24, 2.45) is 9.98 Å². The van der Waals surface area contributed by atoms with Gasteiger partial charge in [-0.15, -0.1) is 0 Å². The first-order valence-electron chi connectivity index (χ1n) is 11.7. The van der Waals surface area contributed by atoms with Crippen LogP contribution in [-0.2, 0) is 0 Å². The van der Waals surface area contributed by atoms with Crippen LogP contribution in [0.1, 0.15) is 36.8 Å². The van der Waals surface area contributed by atoms with E-state index in [-0.39, 0.29) is 11.5 Å². The molecule has 0 atom stereocenters. The molecule has 1 fully saturated rings. The Morgan fingerprint density at radius 2 is 1.03 bits per heavy atom. The Labute approximate surface area is 191 Å². The van der Waals surface area contributed by atoms with Crippen LogP contribution in [0.5, 0.6) is 11.5 Å². The number of aliphatic imine (C=N–C) groups is 2. The molecule has 0 spiro atoms. The smallest absolute Gasteiger partial charge is 0.124 e. The Kier molecular flexibility index (Phi) is 10.2. The highest BCUT2D eigenvalue weighted by Crippen LogP contribution is 2.14. The minimum absolute atomic E-state index is 0.286. The van der Waals surface area contributed by atoms with Crippen molar-refractivity contribution in [3.8, 4) is 11.5 Å². The third kappa shape index (κ3) is 8.44. The molecule has 32 heavy (non-hydrogen) atoms. The third-order valence-corrected chi connectivity index (χ3v) is 5.82. The maximum atomic E-state index is 9.73. The van der Waals surface area contributed by atoms with Gasteiger partial charge in [-0.2, -0.15) is 0 Å². The second-order valence-corrected chi connectivity index (χ2v) is 8.29. The van der Waals surface area contributed by atoms with E-state index in [1.165, 1.54) is 0 Å². The molecule has 0 radical (unpaired) electrons. The number of rotatable bonds is 12. The summed E-state index contributed by atoms with van der Waals surface area (Å²) in [5.41, 5.74) is 1.57. The predicted molar refractivity (Wildman–Crippen MR) is 132 cm³/mol. The Morgan fingerprint density at radius 1 is 0.625 bits per heavy atom. The van der Waals surface area contributed by atoms with Crippen LogP contribution in [0.2, 0.25) is 0 Å². The molecule has 1 aliphatic heterocycles. The Morgan fingerprint density at radius 3 is 1.44 bits per heavy atom. The first kappa shape index (κ1) is 24.0. The van der Waals surface area contributed by atoms with Crippen LogP contribution in [0.15, 0.2) is 58.5 Å². The zero-order valence-corrected chi connectivity index (χ0v) is 18.9. The number of hydrogen-bond acceptors (Lipinski definition) is 6. The number of unbranched alkanes of at least 4 members (excludes halogenated alkanes) is 2. The normalized spacial score (nSPS) is 15.8. The lowest BCUT2D eigenvalue weighted by Gasteiger charge is -2.34. The maximum Gasteiger partial charge on any atom is 0.124 e. The van der Waals surface area contributed by atoms with Crippen LogP contribution >= 0.6 is 0 Å². The van der Waals surface area contributed by atoms with Crippen molar-refractivity contribution < 1.29 is 10.2 Å². The number of piperazine rings is 1. The zero-order valence-electron chi connectivity index (χ0n) is 18.9. The molecular weight excluding hydrogens is 400 g/mol. The number of phenols is 2. The van der Waals surface area contributed by atoms with E-state index in [4.69, 9.17) is 0 Å². The standard InChI is InChI=1S/C26H36N4O2/c31-25-11-3-1-9-23(25)21-27-13-5-7-15-29-17-19-30(20-18-29)16-8-6-14-28-22-24-10-2-4-12-26(24)32/h1-4,9-12,21-22,31-32H,5-8,13-20H2. The van der Waals surface area contributed by atoms with Crippen LogP contribution in [-0.4, -0.2) is 84.8 Å². The number of hydrogen-bond donors (Lipinski definition) is 2. The molecule has 172 valence electrons. The van der Waals surface area contributed by atoms with Gasteiger partial charge in [-0.05, 0) is 63.0 Å². The third-order valence-electron chi connectivity index (χ3n) is 5.82. The SMILES string of the molecule is Oc1ccccc1C=NCCCCN1CCN(CCCCN=Cc2ccccc2O)CC1. The molecule has 6 nitrogen and oxygen atoms in total. The van der Waals surface area contributed by atoms with Crippen molar-refractivity contribution in [3.05, 3.63) is 59.7 Å². The van der Waals surface area contributed by atoms with Gasteiger partial charge in [0.05, 0.1) is 0 Å². The number of para-hydroxylation sites is 2. The molecule has 2 aromatic carbocycles. The first-order valence-corrected chi connectivity index (χ1v) is 11.7. The van der Waals surface area contributed by atoms with Gasteiger partial charge in [0, 0.05) is 62.8 Å². The molecule has 3 rings (SSSR count). The Balaban J connectivity index is 1.19. The van der Waals surface area contributed by atoms with Gasteiger partial charge in [-0.1, -0.05) is 24.3 Å². The van der Waals surface area contributed by atoms with E-state index in [1.54, 1.807) is 24.6 Å². The molecule has 0 aromatic heterocycles. The summed E-state index contributed by atoms with van der Waals surface area (Å²) in [5, 5.41) is 19.5. The fourth-order valence-electron chi connectivity index (χ4n) is 3.83. The molecule has 1 saturated heterocycles. The molecule has 6 heteroatoms. The van der Waals surface area contributed by atoms with Crippen LogP contribution in [0.4, 0.5) is 0 Å². The van der Waals surface area contributed by atoms with Gasteiger partial charge in [0.15, 0.2) is 0 Å². The van der Waals surface area contributed by atoms with E-state index >= 15 is 0 Å². The van der Waals surface area contributed by atoms with E-state index in [9.17, 15) is 10.2 Å². The van der Waals surface area contributed by atoms with Gasteiger partial charge in [-0.3, -0.25) is 9.98 Å². The quantitative estimate of drug-likeness (QED) is 0.392. The molecular formula is C26H36N4O2. The van der Waals surface area contributed by atoms with Crippen molar-refractivity contribution in [3.63, 3.8) is 0 Å². The average Bonchev–Trinajstić information content (AvgIpc) is 2.81. The largest absolute Gasteiger partial charge is 0.507 e. The van der Waals surface area contributed by atoms with Crippen LogP contribution in [0.3, 0.4) is 0 Å². The minimum Gasteiger partial charge on any atom is -0.507 e.